The summed E-state index contributed by atoms with van der Waals surface area (Å²) in [7, 11) is 1.50. The summed E-state index contributed by atoms with van der Waals surface area (Å²) in [5.74, 6) is 0.0996. The van der Waals surface area contributed by atoms with Gasteiger partial charge >= 0.3 is 0 Å². The molecule has 2 rings (SSSR count). The molecule has 2 aromatic rings. The zero-order valence-electron chi connectivity index (χ0n) is 9.71. The molecule has 0 radical (unpaired) electrons. The molecule has 5 heteroatoms. The molecule has 0 amide bonds. The minimum Gasteiger partial charge on any atom is -0.497 e. The van der Waals surface area contributed by atoms with Crippen LogP contribution in [0.5, 0.6) is 5.75 Å². The molecule has 3 N–H and O–H groups in total. The van der Waals surface area contributed by atoms with Gasteiger partial charge in [-0.25, -0.2) is 4.39 Å². The summed E-state index contributed by atoms with van der Waals surface area (Å²) in [5.41, 5.74) is 7.84. The minimum absolute atomic E-state index is 0.360. The molecule has 2 aromatic carbocycles. The van der Waals surface area contributed by atoms with Gasteiger partial charge in [-0.1, -0.05) is 0 Å². The number of nitrogens with one attached hydrogen (secondary N) is 1. The summed E-state index contributed by atoms with van der Waals surface area (Å²) in [6.45, 7) is 0. The second-order valence-corrected chi connectivity index (χ2v) is 4.98. The molecule has 0 atom stereocenters. The molecule has 0 unspecified atom stereocenters. The summed E-state index contributed by atoms with van der Waals surface area (Å²) in [6, 6.07) is 10.0. The molecule has 0 saturated carbocycles. The van der Waals surface area contributed by atoms with Crippen LogP contribution >= 0.6 is 22.6 Å². The van der Waals surface area contributed by atoms with E-state index >= 15 is 0 Å². The third-order valence-electron chi connectivity index (χ3n) is 2.40. The number of rotatable bonds is 3. The van der Waals surface area contributed by atoms with E-state index in [0.717, 1.165) is 9.26 Å². The van der Waals surface area contributed by atoms with Gasteiger partial charge in [0.05, 0.1) is 18.5 Å². The Morgan fingerprint density at radius 3 is 2.67 bits per heavy atom. The van der Waals surface area contributed by atoms with Crippen LogP contribution in [-0.4, -0.2) is 7.11 Å². The van der Waals surface area contributed by atoms with Crippen LogP contribution in [-0.2, 0) is 0 Å². The third kappa shape index (κ3) is 3.04. The van der Waals surface area contributed by atoms with Gasteiger partial charge in [0.25, 0.3) is 0 Å². The topological polar surface area (TPSA) is 47.3 Å². The highest BCUT2D eigenvalue weighted by Crippen LogP contribution is 2.27. The molecule has 0 spiro atoms. The standard InChI is InChI=1S/C13H12FIN2O/c1-18-11-5-8(14)4-10(7-11)17-13-3-2-9(15)6-12(13)16/h2-7,17H,16H2,1H3. The first-order valence-corrected chi connectivity index (χ1v) is 6.33. The van der Waals surface area contributed by atoms with Crippen LogP contribution in [0.1, 0.15) is 0 Å². The lowest BCUT2D eigenvalue weighted by molar-refractivity contribution is 0.411. The van der Waals surface area contributed by atoms with Crippen molar-refractivity contribution in [3.63, 3.8) is 0 Å². The predicted octanol–water partition coefficient (Wildman–Crippen LogP) is 3.76. The van der Waals surface area contributed by atoms with E-state index < -0.39 is 0 Å². The van der Waals surface area contributed by atoms with Crippen molar-refractivity contribution in [3.05, 3.63) is 45.8 Å². The summed E-state index contributed by atoms with van der Waals surface area (Å²) < 4.78 is 19.4. The predicted molar refractivity (Wildman–Crippen MR) is 79.8 cm³/mol. The molecule has 0 aliphatic carbocycles. The number of hydrogen-bond donors (Lipinski definition) is 2. The van der Waals surface area contributed by atoms with E-state index in [4.69, 9.17) is 10.5 Å². The number of nitrogen functional groups attached to an aromatic ring is 1. The number of anilines is 3. The van der Waals surface area contributed by atoms with Crippen LogP contribution in [0.25, 0.3) is 0 Å². The van der Waals surface area contributed by atoms with Crippen molar-refractivity contribution in [1.29, 1.82) is 0 Å². The number of hydrogen-bond acceptors (Lipinski definition) is 3. The van der Waals surface area contributed by atoms with Crippen LogP contribution in [0.15, 0.2) is 36.4 Å². The van der Waals surface area contributed by atoms with E-state index in [1.165, 1.54) is 19.2 Å². The lowest BCUT2D eigenvalue weighted by atomic mass is 10.2. The second kappa shape index (κ2) is 5.43. The van der Waals surface area contributed by atoms with Crippen molar-refractivity contribution in [3.8, 4) is 5.75 Å². The van der Waals surface area contributed by atoms with Gasteiger partial charge in [0.1, 0.15) is 11.6 Å². The normalized spacial score (nSPS) is 10.2. The van der Waals surface area contributed by atoms with Crippen LogP contribution in [0.4, 0.5) is 21.5 Å². The molecule has 94 valence electrons. The molecule has 0 fully saturated rings. The first-order chi connectivity index (χ1) is 8.58. The second-order valence-electron chi connectivity index (χ2n) is 3.74. The van der Waals surface area contributed by atoms with E-state index in [2.05, 4.69) is 27.9 Å². The van der Waals surface area contributed by atoms with Crippen LogP contribution in [0.3, 0.4) is 0 Å². The van der Waals surface area contributed by atoms with E-state index in [1.807, 2.05) is 18.2 Å². The molecule has 0 aliphatic rings. The zero-order valence-corrected chi connectivity index (χ0v) is 11.9. The lowest BCUT2D eigenvalue weighted by Crippen LogP contribution is -1.97. The smallest absolute Gasteiger partial charge is 0.128 e. The van der Waals surface area contributed by atoms with E-state index in [1.54, 1.807) is 6.07 Å². The highest BCUT2D eigenvalue weighted by atomic mass is 127. The maximum Gasteiger partial charge on any atom is 0.128 e. The maximum absolute atomic E-state index is 13.3. The van der Waals surface area contributed by atoms with Crippen molar-refractivity contribution < 1.29 is 9.13 Å². The van der Waals surface area contributed by atoms with Crippen LogP contribution in [0, 0.1) is 9.39 Å². The van der Waals surface area contributed by atoms with Gasteiger partial charge in [0.2, 0.25) is 0 Å². The quantitative estimate of drug-likeness (QED) is 0.649. The van der Waals surface area contributed by atoms with Gasteiger partial charge in [-0.2, -0.15) is 0 Å². The molecular formula is C13H12FIN2O. The summed E-state index contributed by atoms with van der Waals surface area (Å²) in [4.78, 5) is 0. The Balaban J connectivity index is 2.30. The van der Waals surface area contributed by atoms with Gasteiger partial charge < -0.3 is 15.8 Å². The fourth-order valence-corrected chi connectivity index (χ4v) is 2.07. The van der Waals surface area contributed by atoms with Gasteiger partial charge in [0.15, 0.2) is 0 Å². The summed E-state index contributed by atoms with van der Waals surface area (Å²) >= 11 is 2.18. The monoisotopic (exact) mass is 358 g/mol. The highest BCUT2D eigenvalue weighted by molar-refractivity contribution is 14.1. The molecule has 0 aliphatic heterocycles. The number of ether oxygens (including phenoxy) is 1. The van der Waals surface area contributed by atoms with Crippen molar-refractivity contribution in [1.82, 2.24) is 0 Å². The average molecular weight is 358 g/mol. The van der Waals surface area contributed by atoms with Gasteiger partial charge in [0, 0.05) is 21.4 Å². The van der Waals surface area contributed by atoms with Gasteiger partial charge in [-0.3, -0.25) is 0 Å². The highest BCUT2D eigenvalue weighted by Gasteiger charge is 2.04. The molecular weight excluding hydrogens is 346 g/mol. The van der Waals surface area contributed by atoms with Crippen molar-refractivity contribution in [2.24, 2.45) is 0 Å². The maximum atomic E-state index is 13.3. The lowest BCUT2D eigenvalue weighted by Gasteiger charge is -2.11. The SMILES string of the molecule is COc1cc(F)cc(Nc2ccc(I)cc2N)c1. The Morgan fingerprint density at radius 2 is 2.00 bits per heavy atom. The average Bonchev–Trinajstić information content (AvgIpc) is 2.32. The Morgan fingerprint density at radius 1 is 1.22 bits per heavy atom. The largest absolute Gasteiger partial charge is 0.497 e. The Kier molecular flexibility index (Phi) is 3.90. The number of halogens is 2. The van der Waals surface area contributed by atoms with E-state index in [0.29, 0.717) is 17.1 Å². The zero-order chi connectivity index (χ0) is 13.1. The van der Waals surface area contributed by atoms with Crippen molar-refractivity contribution >= 4 is 39.7 Å². The van der Waals surface area contributed by atoms with E-state index in [-0.39, 0.29) is 5.82 Å². The van der Waals surface area contributed by atoms with Crippen LogP contribution < -0.4 is 15.8 Å². The first-order valence-electron chi connectivity index (χ1n) is 5.25. The minimum atomic E-state index is -0.360. The molecule has 0 saturated heterocycles. The molecule has 0 heterocycles. The summed E-state index contributed by atoms with van der Waals surface area (Å²) in [6.07, 6.45) is 0. The molecule has 0 aromatic heterocycles. The van der Waals surface area contributed by atoms with Gasteiger partial charge in [-0.05, 0) is 46.9 Å². The fourth-order valence-electron chi connectivity index (χ4n) is 1.56. The van der Waals surface area contributed by atoms with E-state index in [9.17, 15) is 4.39 Å². The molecule has 18 heavy (non-hydrogen) atoms. The number of benzene rings is 2. The Labute approximate surface area is 118 Å². The first kappa shape index (κ1) is 12.9. The van der Waals surface area contributed by atoms with Crippen molar-refractivity contribution in [2.45, 2.75) is 0 Å². The summed E-state index contributed by atoms with van der Waals surface area (Å²) in [5, 5.41) is 3.07. The Hall–Kier alpha value is -1.50. The van der Waals surface area contributed by atoms with Crippen molar-refractivity contribution in [2.75, 3.05) is 18.2 Å². The van der Waals surface area contributed by atoms with Crippen LogP contribution in [0.2, 0.25) is 0 Å². The number of nitrogens with two attached hydrogens (primary N) is 1. The fraction of sp³-hybridized carbons (Fsp3) is 0.0769. The third-order valence-corrected chi connectivity index (χ3v) is 3.07. The molecule has 3 nitrogen and oxygen atoms in total. The number of methoxy groups -OCH3 is 1. The molecule has 0 bridgehead atoms. The van der Waals surface area contributed by atoms with Gasteiger partial charge in [-0.15, -0.1) is 0 Å². The Bertz CT molecular complexity index is 575.